The number of hydrogen-bond acceptors (Lipinski definition) is 0. The zero-order valence-electron chi connectivity index (χ0n) is 9.57. The van der Waals surface area contributed by atoms with Gasteiger partial charge >= 0.3 is 110 Å². The second-order valence-electron chi connectivity index (χ2n) is 4.18. The monoisotopic (exact) mass is 422 g/mol. The van der Waals surface area contributed by atoms with Crippen LogP contribution in [0.4, 0.5) is 0 Å². The van der Waals surface area contributed by atoms with Gasteiger partial charge in [-0.2, -0.15) is 0 Å². The van der Waals surface area contributed by atoms with E-state index in [1.54, 1.807) is 0 Å². The van der Waals surface area contributed by atoms with E-state index < -0.39 is 21.5 Å². The Morgan fingerprint density at radius 1 is 0.688 bits per heavy atom. The zero-order valence-corrected chi connectivity index (χ0v) is 14.8. The number of halogens is 1. The van der Waals surface area contributed by atoms with Crippen molar-refractivity contribution in [2.75, 3.05) is 0 Å². The molecular weight excluding hydrogens is 408 g/mol. The summed E-state index contributed by atoms with van der Waals surface area (Å²) in [7, 11) is 6.66. The first-order chi connectivity index (χ1) is 7.66. The average molecular weight is 422 g/mol. The molecule has 2 rings (SSSR count). The molecule has 2 heteroatoms. The molecule has 80 valence electrons. The van der Waals surface area contributed by atoms with Crippen molar-refractivity contribution in [1.82, 2.24) is 0 Å². The minimum atomic E-state index is -2.35. The van der Waals surface area contributed by atoms with Crippen LogP contribution in [0.5, 0.6) is 0 Å². The summed E-state index contributed by atoms with van der Waals surface area (Å²) in [5, 5.41) is 0. The molecule has 0 aliphatic rings. The van der Waals surface area contributed by atoms with Crippen LogP contribution in [0.2, 0.25) is 0 Å². The predicted molar refractivity (Wildman–Crippen MR) is 73.2 cm³/mol. The molecule has 0 aliphatic carbocycles. The van der Waals surface area contributed by atoms with Gasteiger partial charge in [0.1, 0.15) is 0 Å². The summed E-state index contributed by atoms with van der Waals surface area (Å²) in [6.45, 7) is 4.21. The Hall–Kier alpha value is -0.348. The molecular formula is C14H14ClTl. The van der Waals surface area contributed by atoms with E-state index in [0.29, 0.717) is 0 Å². The Labute approximate surface area is 109 Å². The SMILES string of the molecule is Cc1cc[c]([Tl]([Cl])[c]2ccc(C)cc2)cc1. The fraction of sp³-hybridized carbons (Fsp3) is 0.143. The van der Waals surface area contributed by atoms with Gasteiger partial charge in [-0.05, 0) is 0 Å². The molecule has 0 saturated carbocycles. The van der Waals surface area contributed by atoms with Gasteiger partial charge in [-0.25, -0.2) is 0 Å². The van der Waals surface area contributed by atoms with Crippen molar-refractivity contribution in [3.8, 4) is 0 Å². The minimum absolute atomic E-state index is 1.30. The Morgan fingerprint density at radius 2 is 1.00 bits per heavy atom. The summed E-state index contributed by atoms with van der Waals surface area (Å²) in [4.78, 5) is 0. The fourth-order valence-electron chi connectivity index (χ4n) is 1.66. The molecule has 0 N–H and O–H groups in total. The fourth-order valence-corrected chi connectivity index (χ4v) is 9.84. The third-order valence-corrected chi connectivity index (χ3v) is 14.7. The van der Waals surface area contributed by atoms with Gasteiger partial charge in [0.2, 0.25) is 0 Å². The van der Waals surface area contributed by atoms with Crippen molar-refractivity contribution >= 4 is 36.0 Å². The van der Waals surface area contributed by atoms with Gasteiger partial charge in [0.25, 0.3) is 0 Å². The number of rotatable bonds is 2. The number of aryl methyl sites for hydroxylation is 2. The van der Waals surface area contributed by atoms with Gasteiger partial charge in [-0.1, -0.05) is 0 Å². The molecule has 0 spiro atoms. The molecule has 0 amide bonds. The van der Waals surface area contributed by atoms with Crippen LogP contribution in [0, 0.1) is 13.8 Å². The Kier molecular flexibility index (Phi) is 4.03. The summed E-state index contributed by atoms with van der Waals surface area (Å²) < 4.78 is 2.74. The van der Waals surface area contributed by atoms with E-state index in [4.69, 9.17) is 8.32 Å². The summed E-state index contributed by atoms with van der Waals surface area (Å²) in [5.41, 5.74) is 2.59. The van der Waals surface area contributed by atoms with E-state index in [-0.39, 0.29) is 0 Å². The van der Waals surface area contributed by atoms with Crippen molar-refractivity contribution < 1.29 is 0 Å². The van der Waals surface area contributed by atoms with Crippen LogP contribution in [0.15, 0.2) is 48.5 Å². The van der Waals surface area contributed by atoms with Gasteiger partial charge in [0.15, 0.2) is 0 Å². The van der Waals surface area contributed by atoms with E-state index in [0.717, 1.165) is 0 Å². The van der Waals surface area contributed by atoms with Crippen molar-refractivity contribution in [3.63, 3.8) is 0 Å². The maximum atomic E-state index is 6.66. The van der Waals surface area contributed by atoms with Crippen LogP contribution in [0.3, 0.4) is 0 Å². The molecule has 16 heavy (non-hydrogen) atoms. The van der Waals surface area contributed by atoms with E-state index in [9.17, 15) is 0 Å². The summed E-state index contributed by atoms with van der Waals surface area (Å²) in [5.74, 6) is 0. The molecule has 0 atom stereocenters. The van der Waals surface area contributed by atoms with Crippen LogP contribution < -0.4 is 6.25 Å². The van der Waals surface area contributed by atoms with Crippen molar-refractivity contribution in [2.45, 2.75) is 13.8 Å². The normalized spacial score (nSPS) is 10.2. The molecule has 0 radical (unpaired) electrons. The number of benzene rings is 2. The Balaban J connectivity index is 2.28. The molecule has 2 aromatic rings. The first kappa shape index (κ1) is 12.1. The van der Waals surface area contributed by atoms with Crippen molar-refractivity contribution in [3.05, 3.63) is 59.7 Å². The molecule has 0 unspecified atom stereocenters. The average Bonchev–Trinajstić information content (AvgIpc) is 2.30. The molecule has 0 saturated heterocycles. The first-order valence-electron chi connectivity index (χ1n) is 5.44. The molecule has 0 heterocycles. The van der Waals surface area contributed by atoms with Gasteiger partial charge in [-0.15, -0.1) is 0 Å². The first-order valence-corrected chi connectivity index (χ1v) is 15.5. The van der Waals surface area contributed by atoms with Gasteiger partial charge in [0, 0.05) is 0 Å². The van der Waals surface area contributed by atoms with Crippen molar-refractivity contribution in [1.29, 1.82) is 0 Å². The quantitative estimate of drug-likeness (QED) is 0.654. The molecule has 0 nitrogen and oxygen atoms in total. The summed E-state index contributed by atoms with van der Waals surface area (Å²) in [6.07, 6.45) is 0. The van der Waals surface area contributed by atoms with Crippen LogP contribution in [-0.4, -0.2) is 21.5 Å². The molecule has 0 aromatic heterocycles. The summed E-state index contributed by atoms with van der Waals surface area (Å²) >= 11 is -2.35. The van der Waals surface area contributed by atoms with Gasteiger partial charge in [0.05, 0.1) is 0 Å². The van der Waals surface area contributed by atoms with Crippen LogP contribution in [0.1, 0.15) is 11.1 Å². The molecule has 0 bridgehead atoms. The molecule has 0 aliphatic heterocycles. The predicted octanol–water partition coefficient (Wildman–Crippen LogP) is 2.65. The third-order valence-electron chi connectivity index (χ3n) is 2.74. The molecule has 0 fully saturated rings. The van der Waals surface area contributed by atoms with E-state index in [1.165, 1.54) is 17.4 Å². The van der Waals surface area contributed by atoms with Crippen LogP contribution in [0.25, 0.3) is 0 Å². The Morgan fingerprint density at radius 3 is 1.31 bits per heavy atom. The third kappa shape index (κ3) is 2.86. The second kappa shape index (κ2) is 5.32. The van der Waals surface area contributed by atoms with Gasteiger partial charge in [-0.3, -0.25) is 0 Å². The Bertz CT molecular complexity index is 414. The van der Waals surface area contributed by atoms with Crippen LogP contribution >= 0.6 is 8.32 Å². The van der Waals surface area contributed by atoms with Crippen molar-refractivity contribution in [2.24, 2.45) is 0 Å². The van der Waals surface area contributed by atoms with Crippen LogP contribution in [-0.2, 0) is 0 Å². The molecule has 2 aromatic carbocycles. The van der Waals surface area contributed by atoms with E-state index in [1.807, 2.05) is 0 Å². The van der Waals surface area contributed by atoms with Gasteiger partial charge < -0.3 is 0 Å². The maximum absolute atomic E-state index is 6.66. The zero-order chi connectivity index (χ0) is 11.5. The number of hydrogen-bond donors (Lipinski definition) is 0. The van der Waals surface area contributed by atoms with E-state index in [2.05, 4.69) is 62.4 Å². The van der Waals surface area contributed by atoms with E-state index >= 15 is 0 Å². The topological polar surface area (TPSA) is 0 Å². The summed E-state index contributed by atoms with van der Waals surface area (Å²) in [6, 6.07) is 17.4. The second-order valence-corrected chi connectivity index (χ2v) is 16.0. The standard InChI is InChI=1S/2C7H7.ClH.Tl/c2*1-7-5-3-2-4-6-7;;/h2*3-6H,1H3;1H;/q;;;+1/p-1.